The Balaban J connectivity index is 1.26. The van der Waals surface area contributed by atoms with Gasteiger partial charge in [0.1, 0.15) is 23.5 Å². The van der Waals surface area contributed by atoms with Gasteiger partial charge < -0.3 is 33.6 Å². The van der Waals surface area contributed by atoms with Crippen molar-refractivity contribution in [3.63, 3.8) is 0 Å². The van der Waals surface area contributed by atoms with Gasteiger partial charge in [-0.1, -0.05) is 18.7 Å². The van der Waals surface area contributed by atoms with Gasteiger partial charge in [-0.15, -0.1) is 0 Å². The number of aromatic nitrogens is 4. The number of fused-ring (bicyclic) bond motifs is 2. The number of halogens is 3. The average Bonchev–Trinajstić information content (AvgIpc) is 3.90. The highest BCUT2D eigenvalue weighted by molar-refractivity contribution is 6.07. The molecule has 306 valence electrons. The third kappa shape index (κ3) is 7.84. The van der Waals surface area contributed by atoms with E-state index in [0.717, 1.165) is 61.5 Å². The smallest absolute Gasteiger partial charge is 0.422 e. The molecule has 8 rings (SSSR count). The number of carbonyl (C=O) groups excluding carboxylic acids is 1. The quantitative estimate of drug-likeness (QED) is 0.165. The number of hydrogen-bond acceptors (Lipinski definition) is 10. The maximum absolute atomic E-state index is 14.2. The number of amides is 1. The highest BCUT2D eigenvalue weighted by atomic mass is 19.4. The maximum Gasteiger partial charge on any atom is 0.422 e. The Hall–Kier alpha value is -4.63. The van der Waals surface area contributed by atoms with Crippen LogP contribution in [0.2, 0.25) is 0 Å². The zero-order valence-electron chi connectivity index (χ0n) is 33.5. The molecule has 0 bridgehead atoms. The molecular formula is C42H52F3N7O5. The van der Waals surface area contributed by atoms with E-state index in [1.165, 1.54) is 0 Å². The van der Waals surface area contributed by atoms with E-state index in [-0.39, 0.29) is 41.1 Å². The van der Waals surface area contributed by atoms with Crippen molar-refractivity contribution < 1.29 is 36.9 Å². The first-order valence-electron chi connectivity index (χ1n) is 20.0. The lowest BCUT2D eigenvalue weighted by molar-refractivity contribution is -0.153. The lowest BCUT2D eigenvalue weighted by atomic mass is 9.79. The van der Waals surface area contributed by atoms with E-state index in [4.69, 9.17) is 34.0 Å². The van der Waals surface area contributed by atoms with Crippen molar-refractivity contribution in [3.8, 4) is 22.9 Å². The highest BCUT2D eigenvalue weighted by Gasteiger charge is 2.51. The molecule has 2 aromatic heterocycles. The minimum Gasteiger partial charge on any atom is -0.481 e. The number of hydrogen-bond donors (Lipinski definition) is 0. The van der Waals surface area contributed by atoms with E-state index >= 15 is 0 Å². The summed E-state index contributed by atoms with van der Waals surface area (Å²) < 4.78 is 68.3. The molecule has 1 spiro atoms. The summed E-state index contributed by atoms with van der Waals surface area (Å²) in [5.74, 6) is 0.503. The number of nitrogens with zero attached hydrogens (tertiary/aromatic N) is 7. The van der Waals surface area contributed by atoms with Crippen molar-refractivity contribution in [2.45, 2.75) is 90.3 Å². The van der Waals surface area contributed by atoms with Gasteiger partial charge in [0.25, 0.3) is 0 Å². The van der Waals surface area contributed by atoms with E-state index in [9.17, 15) is 18.0 Å². The fourth-order valence-electron chi connectivity index (χ4n) is 8.90. The summed E-state index contributed by atoms with van der Waals surface area (Å²) in [7, 11) is 2.05. The van der Waals surface area contributed by atoms with Crippen molar-refractivity contribution in [2.24, 2.45) is 5.41 Å². The number of aryl methyl sites for hydroxylation is 1. The molecule has 0 radical (unpaired) electrons. The Morgan fingerprint density at radius 1 is 1.04 bits per heavy atom. The normalized spacial score (nSPS) is 21.4. The fourth-order valence-corrected chi connectivity index (χ4v) is 8.90. The molecule has 6 heterocycles. The molecule has 15 heteroatoms. The van der Waals surface area contributed by atoms with Crippen LogP contribution < -0.4 is 14.4 Å². The third-order valence-electron chi connectivity index (χ3n) is 11.7. The second kappa shape index (κ2) is 14.9. The summed E-state index contributed by atoms with van der Waals surface area (Å²) in [6.45, 7) is 14.2. The third-order valence-corrected chi connectivity index (χ3v) is 11.7. The van der Waals surface area contributed by atoms with Gasteiger partial charge in [0.15, 0.2) is 18.6 Å². The van der Waals surface area contributed by atoms with Gasteiger partial charge in [0, 0.05) is 60.6 Å². The Bertz CT molecular complexity index is 2170. The number of ether oxygens (including phenoxy) is 4. The van der Waals surface area contributed by atoms with Crippen molar-refractivity contribution >= 4 is 39.8 Å². The van der Waals surface area contributed by atoms with Gasteiger partial charge >= 0.3 is 18.3 Å². The Labute approximate surface area is 330 Å². The second-order valence-corrected chi connectivity index (χ2v) is 17.2. The van der Waals surface area contributed by atoms with Crippen LogP contribution in [0.1, 0.15) is 76.7 Å². The van der Waals surface area contributed by atoms with Gasteiger partial charge in [0.05, 0.1) is 11.7 Å². The summed E-state index contributed by atoms with van der Waals surface area (Å²) in [5, 5.41) is 6.02. The van der Waals surface area contributed by atoms with Crippen LogP contribution in [0.25, 0.3) is 39.0 Å². The van der Waals surface area contributed by atoms with Crippen LogP contribution in [0.5, 0.6) is 11.8 Å². The summed E-state index contributed by atoms with van der Waals surface area (Å²) in [4.78, 5) is 28.8. The molecule has 0 saturated carbocycles. The summed E-state index contributed by atoms with van der Waals surface area (Å²) in [6.07, 6.45) is 3.76. The number of likely N-dealkylation sites (tertiary alicyclic amines) is 2. The number of benzene rings is 2. The number of anilines is 1. The molecule has 1 amide bonds. The Kier molecular flexibility index (Phi) is 10.3. The fraction of sp³-hybridized carbons (Fsp3) is 0.571. The number of carbonyl (C=O) groups is 1. The molecule has 0 N–H and O–H groups in total. The van der Waals surface area contributed by atoms with Crippen LogP contribution in [0.3, 0.4) is 0 Å². The van der Waals surface area contributed by atoms with Gasteiger partial charge in [0.2, 0.25) is 0 Å². The molecule has 4 aliphatic rings. The van der Waals surface area contributed by atoms with Crippen molar-refractivity contribution in [2.75, 3.05) is 64.5 Å². The molecule has 57 heavy (non-hydrogen) atoms. The highest BCUT2D eigenvalue weighted by Crippen LogP contribution is 2.49. The number of alkyl halides is 3. The van der Waals surface area contributed by atoms with E-state index in [1.54, 1.807) is 17.2 Å². The SMILES string of the molecule is C=Cc1cc2c(N3CCC4(CN(C(=O)OC(C)(C)C)C4)C3)nc(OC[C@@H]3CCCN3C)nc2c(OCC(F)(F)F)c1-c1c(C)ccc2c1cnn2C1CCCCO1. The molecule has 4 fully saturated rings. The molecule has 2 aromatic carbocycles. The minimum atomic E-state index is -4.63. The molecule has 4 saturated heterocycles. The van der Waals surface area contributed by atoms with Gasteiger partial charge in [-0.25, -0.2) is 9.48 Å². The Morgan fingerprint density at radius 3 is 2.53 bits per heavy atom. The lowest BCUT2D eigenvalue weighted by Crippen LogP contribution is -2.60. The van der Waals surface area contributed by atoms with Gasteiger partial charge in [-0.3, -0.25) is 0 Å². The molecule has 4 aromatic rings. The first-order chi connectivity index (χ1) is 27.1. The molecule has 1 unspecified atom stereocenters. The number of likely N-dealkylation sites (N-methyl/N-ethyl adjacent to an activating group) is 1. The van der Waals surface area contributed by atoms with Crippen molar-refractivity contribution in [1.29, 1.82) is 0 Å². The van der Waals surface area contributed by atoms with Crippen LogP contribution in [0.15, 0.2) is 31.0 Å². The summed E-state index contributed by atoms with van der Waals surface area (Å²) in [5.41, 5.74) is 2.72. The van der Waals surface area contributed by atoms with E-state index in [1.807, 2.05) is 57.6 Å². The maximum atomic E-state index is 14.2. The molecule has 12 nitrogen and oxygen atoms in total. The predicted octanol–water partition coefficient (Wildman–Crippen LogP) is 8.16. The topological polar surface area (TPSA) is 107 Å². The first-order valence-corrected chi connectivity index (χ1v) is 20.0. The zero-order chi connectivity index (χ0) is 40.3. The standard InChI is InChI=1S/C42H52F3N7O5/c1-7-27-19-29-35(36(56-25-42(43,44)45)34(27)33-26(2)13-14-31-30(33)20-46-52(31)32-12-8-9-18-54-32)47-38(55-21-28-11-10-16-49(28)6)48-37(29)50-17-15-41(22-50)23-51(24-41)39(53)57-40(3,4)5/h7,13-14,19-20,28,32H,1,8-12,15-18,21-25H2,2-6H3/t28-,32?/m0/s1. The lowest BCUT2D eigenvalue weighted by Gasteiger charge is -2.47. The zero-order valence-corrected chi connectivity index (χ0v) is 33.5. The number of rotatable bonds is 9. The minimum absolute atomic E-state index is 0.0304. The molecule has 2 atom stereocenters. The predicted molar refractivity (Wildman–Crippen MR) is 212 cm³/mol. The summed E-state index contributed by atoms with van der Waals surface area (Å²) >= 11 is 0. The first kappa shape index (κ1) is 39.2. The van der Waals surface area contributed by atoms with Crippen LogP contribution in [0, 0.1) is 12.3 Å². The van der Waals surface area contributed by atoms with Gasteiger partial charge in [-0.2, -0.15) is 28.2 Å². The van der Waals surface area contributed by atoms with Gasteiger partial charge in [-0.05, 0) is 109 Å². The van der Waals surface area contributed by atoms with Crippen LogP contribution in [-0.4, -0.2) is 113 Å². The van der Waals surface area contributed by atoms with Crippen molar-refractivity contribution in [3.05, 3.63) is 42.1 Å². The van der Waals surface area contributed by atoms with Crippen LogP contribution in [-0.2, 0) is 9.47 Å². The average molecular weight is 792 g/mol. The monoisotopic (exact) mass is 791 g/mol. The molecular weight excluding hydrogens is 739 g/mol. The van der Waals surface area contributed by atoms with E-state index in [2.05, 4.69) is 16.4 Å². The molecule has 0 aliphatic carbocycles. The van der Waals surface area contributed by atoms with Crippen molar-refractivity contribution in [1.82, 2.24) is 29.5 Å². The van der Waals surface area contributed by atoms with E-state index < -0.39 is 18.4 Å². The van der Waals surface area contributed by atoms with Crippen LogP contribution >= 0.6 is 0 Å². The Morgan fingerprint density at radius 2 is 1.84 bits per heavy atom. The van der Waals surface area contributed by atoms with E-state index in [0.29, 0.717) is 67.3 Å². The van der Waals surface area contributed by atoms with Crippen LogP contribution in [0.4, 0.5) is 23.8 Å². The second-order valence-electron chi connectivity index (χ2n) is 17.2. The molecule has 4 aliphatic heterocycles. The largest absolute Gasteiger partial charge is 0.481 e. The summed E-state index contributed by atoms with van der Waals surface area (Å²) in [6, 6.07) is 6.04.